The first-order valence-corrected chi connectivity index (χ1v) is 9.09. The topological polar surface area (TPSA) is 45.2 Å². The maximum absolute atomic E-state index is 12.1. The number of carbonyl (C=O) groups excluding carboxylic acids is 1. The van der Waals surface area contributed by atoms with Crippen LogP contribution in [0.15, 0.2) is 30.3 Å². The van der Waals surface area contributed by atoms with Gasteiger partial charge in [0.05, 0.1) is 5.69 Å². The number of rotatable bonds is 4. The van der Waals surface area contributed by atoms with E-state index in [-0.39, 0.29) is 5.91 Å². The van der Waals surface area contributed by atoms with Gasteiger partial charge in [0.1, 0.15) is 0 Å². The Morgan fingerprint density at radius 1 is 1.33 bits per heavy atom. The second-order valence-corrected chi connectivity index (χ2v) is 7.60. The number of anilines is 1. The van der Waals surface area contributed by atoms with E-state index in [1.807, 2.05) is 18.2 Å². The van der Waals surface area contributed by atoms with Crippen LogP contribution in [0.1, 0.15) is 41.5 Å². The monoisotopic (exact) mass is 341 g/mol. The minimum Gasteiger partial charge on any atom is -0.301 e. The molecule has 0 fully saturated rings. The van der Waals surface area contributed by atoms with Crippen LogP contribution in [0, 0.1) is 0 Å². The second-order valence-electron chi connectivity index (χ2n) is 6.52. The molecular weight excluding hydrogens is 318 g/mol. The Kier molecular flexibility index (Phi) is 5.11. The molecule has 0 unspecified atom stereocenters. The highest BCUT2D eigenvalue weighted by Crippen LogP contribution is 2.27. The lowest BCUT2D eigenvalue weighted by molar-refractivity contribution is -0.111. The van der Waals surface area contributed by atoms with Gasteiger partial charge in [0.25, 0.3) is 0 Å². The average Bonchev–Trinajstić information content (AvgIpc) is 2.94. The summed E-state index contributed by atoms with van der Waals surface area (Å²) in [4.78, 5) is 20.2. The number of aromatic nitrogens is 1. The molecule has 0 saturated heterocycles. The second kappa shape index (κ2) is 7.28. The predicted octanol–water partition coefficient (Wildman–Crippen LogP) is 3.91. The number of hydrogen-bond acceptors (Lipinski definition) is 4. The smallest absolute Gasteiger partial charge is 0.250 e. The van der Waals surface area contributed by atoms with Crippen LogP contribution in [0.25, 0.3) is 6.08 Å². The summed E-state index contributed by atoms with van der Waals surface area (Å²) in [5.74, 6) is 0.378. The molecule has 1 amide bonds. The standard InChI is InChI=1S/C19H23N3OS/c1-13(2)15-7-4-14(5-8-15)6-9-18(23)21-19-20-16-10-11-22(3)12-17(16)24-19/h4-9,13H,10-12H2,1-3H3,(H,20,21,23)/b9-6+. The Hall–Kier alpha value is -1.98. The van der Waals surface area contributed by atoms with Crippen LogP contribution < -0.4 is 5.32 Å². The van der Waals surface area contributed by atoms with Crippen LogP contribution in [-0.2, 0) is 17.8 Å². The molecule has 2 aromatic rings. The summed E-state index contributed by atoms with van der Waals surface area (Å²) in [6.45, 7) is 6.28. The molecule has 0 atom stereocenters. The van der Waals surface area contributed by atoms with Gasteiger partial charge in [0.2, 0.25) is 5.91 Å². The van der Waals surface area contributed by atoms with Crippen LogP contribution in [0.4, 0.5) is 5.13 Å². The maximum atomic E-state index is 12.1. The molecule has 4 nitrogen and oxygen atoms in total. The van der Waals surface area contributed by atoms with Gasteiger partial charge in [0, 0.05) is 30.5 Å². The lowest BCUT2D eigenvalue weighted by Gasteiger charge is -2.20. The Bertz CT molecular complexity index is 746. The van der Waals surface area contributed by atoms with Gasteiger partial charge in [-0.2, -0.15) is 0 Å². The van der Waals surface area contributed by atoms with Crippen molar-refractivity contribution in [1.29, 1.82) is 0 Å². The molecular formula is C19H23N3OS. The molecule has 0 spiro atoms. The maximum Gasteiger partial charge on any atom is 0.250 e. The van der Waals surface area contributed by atoms with Gasteiger partial charge >= 0.3 is 0 Å². The van der Waals surface area contributed by atoms with Crippen molar-refractivity contribution in [3.63, 3.8) is 0 Å². The third kappa shape index (κ3) is 4.10. The summed E-state index contributed by atoms with van der Waals surface area (Å²) in [5.41, 5.74) is 3.45. The van der Waals surface area contributed by atoms with Gasteiger partial charge in [-0.25, -0.2) is 4.98 Å². The number of fused-ring (bicyclic) bond motifs is 1. The first kappa shape index (κ1) is 16.9. The molecule has 3 rings (SSSR count). The molecule has 1 aromatic carbocycles. The van der Waals surface area contributed by atoms with Crippen LogP contribution in [-0.4, -0.2) is 29.4 Å². The largest absolute Gasteiger partial charge is 0.301 e. The molecule has 1 aliphatic rings. The Balaban J connectivity index is 1.61. The fourth-order valence-electron chi connectivity index (χ4n) is 2.69. The number of nitrogens with zero attached hydrogens (tertiary/aromatic N) is 2. The fraction of sp³-hybridized carbons (Fsp3) is 0.368. The van der Waals surface area contributed by atoms with Crippen molar-refractivity contribution in [2.75, 3.05) is 18.9 Å². The highest BCUT2D eigenvalue weighted by molar-refractivity contribution is 7.15. The van der Waals surface area contributed by atoms with Gasteiger partial charge in [0.15, 0.2) is 5.13 Å². The third-order valence-electron chi connectivity index (χ3n) is 4.18. The minimum absolute atomic E-state index is 0.137. The summed E-state index contributed by atoms with van der Waals surface area (Å²) in [6, 6.07) is 8.29. The van der Waals surface area contributed by atoms with Gasteiger partial charge in [-0.1, -0.05) is 38.1 Å². The van der Waals surface area contributed by atoms with E-state index >= 15 is 0 Å². The average molecular weight is 341 g/mol. The quantitative estimate of drug-likeness (QED) is 0.858. The lowest BCUT2D eigenvalue weighted by atomic mass is 10.0. The lowest BCUT2D eigenvalue weighted by Crippen LogP contribution is -2.25. The molecule has 0 saturated carbocycles. The Morgan fingerprint density at radius 3 is 2.79 bits per heavy atom. The van der Waals surface area contributed by atoms with Gasteiger partial charge in [-0.3, -0.25) is 10.1 Å². The highest BCUT2D eigenvalue weighted by atomic mass is 32.1. The molecule has 5 heteroatoms. The van der Waals surface area contributed by atoms with Crippen molar-refractivity contribution >= 4 is 28.5 Å². The minimum atomic E-state index is -0.137. The Morgan fingerprint density at radius 2 is 2.08 bits per heavy atom. The SMILES string of the molecule is CC(C)c1ccc(/C=C/C(=O)Nc2nc3c(s2)CN(C)CC3)cc1. The molecule has 2 heterocycles. The molecule has 1 N–H and O–H groups in total. The predicted molar refractivity (Wildman–Crippen MR) is 100 cm³/mol. The van der Waals surface area contributed by atoms with E-state index in [1.165, 1.54) is 10.4 Å². The van der Waals surface area contributed by atoms with Gasteiger partial charge in [-0.05, 0) is 30.2 Å². The number of likely N-dealkylation sites (N-methyl/N-ethyl adjacent to an activating group) is 1. The third-order valence-corrected chi connectivity index (χ3v) is 5.18. The van der Waals surface area contributed by atoms with E-state index in [1.54, 1.807) is 17.4 Å². The summed E-state index contributed by atoms with van der Waals surface area (Å²) in [5, 5.41) is 3.57. The molecule has 0 bridgehead atoms. The zero-order chi connectivity index (χ0) is 17.1. The number of amides is 1. The molecule has 126 valence electrons. The van der Waals surface area contributed by atoms with Crippen molar-refractivity contribution in [2.24, 2.45) is 0 Å². The summed E-state index contributed by atoms with van der Waals surface area (Å²) in [6.07, 6.45) is 4.36. The van der Waals surface area contributed by atoms with Crippen LogP contribution in [0.2, 0.25) is 0 Å². The summed E-state index contributed by atoms with van der Waals surface area (Å²) in [7, 11) is 2.11. The van der Waals surface area contributed by atoms with E-state index < -0.39 is 0 Å². The van der Waals surface area contributed by atoms with Crippen LogP contribution >= 0.6 is 11.3 Å². The number of benzene rings is 1. The number of nitrogens with one attached hydrogen (secondary N) is 1. The van der Waals surface area contributed by atoms with Crippen molar-refractivity contribution in [3.05, 3.63) is 52.0 Å². The van der Waals surface area contributed by atoms with Crippen molar-refractivity contribution in [3.8, 4) is 0 Å². The zero-order valence-corrected chi connectivity index (χ0v) is 15.2. The van der Waals surface area contributed by atoms with E-state index in [9.17, 15) is 4.79 Å². The van der Waals surface area contributed by atoms with E-state index in [0.29, 0.717) is 11.0 Å². The Labute approximate surface area is 147 Å². The first-order chi connectivity index (χ1) is 11.5. The first-order valence-electron chi connectivity index (χ1n) is 8.27. The number of thiazole rings is 1. The number of carbonyl (C=O) groups is 1. The molecule has 24 heavy (non-hydrogen) atoms. The number of hydrogen-bond donors (Lipinski definition) is 1. The van der Waals surface area contributed by atoms with Crippen LogP contribution in [0.3, 0.4) is 0 Å². The van der Waals surface area contributed by atoms with E-state index in [0.717, 1.165) is 30.8 Å². The highest BCUT2D eigenvalue weighted by Gasteiger charge is 2.18. The molecule has 0 aliphatic carbocycles. The van der Waals surface area contributed by atoms with Crippen molar-refractivity contribution in [2.45, 2.75) is 32.7 Å². The zero-order valence-electron chi connectivity index (χ0n) is 14.4. The summed E-state index contributed by atoms with van der Waals surface area (Å²) >= 11 is 1.58. The normalized spacial score (nSPS) is 15.0. The van der Waals surface area contributed by atoms with Gasteiger partial charge < -0.3 is 4.90 Å². The summed E-state index contributed by atoms with van der Waals surface area (Å²) < 4.78 is 0. The van der Waals surface area contributed by atoms with E-state index in [4.69, 9.17) is 0 Å². The van der Waals surface area contributed by atoms with Crippen LogP contribution in [0.5, 0.6) is 0 Å². The molecule has 1 aliphatic heterocycles. The fourth-order valence-corrected chi connectivity index (χ4v) is 3.78. The van der Waals surface area contributed by atoms with Crippen molar-refractivity contribution in [1.82, 2.24) is 9.88 Å². The van der Waals surface area contributed by atoms with E-state index in [2.05, 4.69) is 48.2 Å². The van der Waals surface area contributed by atoms with Gasteiger partial charge in [-0.15, -0.1) is 11.3 Å². The van der Waals surface area contributed by atoms with Crippen molar-refractivity contribution < 1.29 is 4.79 Å². The molecule has 1 aromatic heterocycles. The molecule has 0 radical (unpaired) electrons.